The van der Waals surface area contributed by atoms with Gasteiger partial charge in [-0.3, -0.25) is 19.2 Å². The van der Waals surface area contributed by atoms with Crippen molar-refractivity contribution < 1.29 is 0 Å². The van der Waals surface area contributed by atoms with Crippen LogP contribution >= 0.6 is 12.6 Å². The Morgan fingerprint density at radius 2 is 1.27 bits per heavy atom. The topological polar surface area (TPSA) is 68.3 Å². The van der Waals surface area contributed by atoms with Crippen LogP contribution in [-0.2, 0) is 0 Å². The van der Waals surface area contributed by atoms with Crippen LogP contribution in [-0.4, -0.2) is 0 Å². The fraction of sp³-hybridized carbons (Fsp3) is 0.176. The van der Waals surface area contributed by atoms with Crippen molar-refractivity contribution >= 4 is 34.2 Å². The van der Waals surface area contributed by atoms with E-state index in [0.29, 0.717) is 16.3 Å². The minimum Gasteiger partial charge on any atom is -0.286 e. The molecule has 0 aliphatic carbocycles. The van der Waals surface area contributed by atoms with E-state index < -0.39 is 21.7 Å². The summed E-state index contributed by atoms with van der Waals surface area (Å²) in [6.07, 6.45) is 0. The van der Waals surface area contributed by atoms with Gasteiger partial charge in [0.2, 0.25) is 21.7 Å². The second-order valence-electron chi connectivity index (χ2n) is 5.55. The Balaban J connectivity index is 2.85. The number of hydrogen-bond acceptors (Lipinski definition) is 5. The third-order valence-corrected chi connectivity index (χ3v) is 4.34. The molecule has 0 saturated carbocycles. The molecule has 3 aromatic rings. The third kappa shape index (κ3) is 1.85. The summed E-state index contributed by atoms with van der Waals surface area (Å²) in [4.78, 5) is 48.2. The van der Waals surface area contributed by atoms with Gasteiger partial charge in [-0.1, -0.05) is 13.8 Å². The molecule has 0 fully saturated rings. The highest BCUT2D eigenvalue weighted by Gasteiger charge is 2.20. The lowest BCUT2D eigenvalue weighted by Crippen LogP contribution is -2.26. The lowest BCUT2D eigenvalue weighted by atomic mass is 9.89. The van der Waals surface area contributed by atoms with Gasteiger partial charge in [0.05, 0.1) is 0 Å². The normalized spacial score (nSPS) is 11.6. The van der Waals surface area contributed by atoms with Gasteiger partial charge in [-0.05, 0) is 41.1 Å². The highest BCUT2D eigenvalue weighted by atomic mass is 32.1. The standard InChI is InChI=1S/C17H12O4S/c1-7(2)12-8-3-5-11(19)16(21)14(8)17(22)9-4-6-10(18)15(20)13(9)12/h3-7,22H,1-2H3. The van der Waals surface area contributed by atoms with Gasteiger partial charge in [-0.25, -0.2) is 0 Å². The lowest BCUT2D eigenvalue weighted by Gasteiger charge is -2.15. The molecule has 0 aliphatic heterocycles. The average molecular weight is 312 g/mol. The first-order valence-corrected chi connectivity index (χ1v) is 7.25. The minimum absolute atomic E-state index is 0.0923. The van der Waals surface area contributed by atoms with Crippen molar-refractivity contribution in [3.05, 3.63) is 70.7 Å². The molecule has 0 atom stereocenters. The quantitative estimate of drug-likeness (QED) is 0.422. The van der Waals surface area contributed by atoms with Crippen molar-refractivity contribution in [2.24, 2.45) is 0 Å². The van der Waals surface area contributed by atoms with Crippen LogP contribution in [0.25, 0.3) is 21.5 Å². The van der Waals surface area contributed by atoms with Crippen molar-refractivity contribution in [3.63, 3.8) is 0 Å². The molecule has 22 heavy (non-hydrogen) atoms. The van der Waals surface area contributed by atoms with Gasteiger partial charge in [0.1, 0.15) is 0 Å². The fourth-order valence-corrected chi connectivity index (χ4v) is 3.33. The maximum Gasteiger partial charge on any atom is 0.234 e. The molecule has 0 amide bonds. The number of thiol groups is 1. The Labute approximate surface area is 130 Å². The summed E-state index contributed by atoms with van der Waals surface area (Å²) in [5, 5.41) is 1.45. The van der Waals surface area contributed by atoms with E-state index in [2.05, 4.69) is 12.6 Å². The molecule has 0 aliphatic rings. The zero-order valence-electron chi connectivity index (χ0n) is 12.0. The molecule has 0 saturated heterocycles. The molecule has 0 heterocycles. The molecular formula is C17H12O4S. The largest absolute Gasteiger partial charge is 0.286 e. The van der Waals surface area contributed by atoms with Crippen molar-refractivity contribution in [2.45, 2.75) is 24.7 Å². The van der Waals surface area contributed by atoms with Crippen LogP contribution in [0.2, 0.25) is 0 Å². The number of benzene rings is 3. The predicted octanol–water partition coefficient (Wildman–Crippen LogP) is 1.72. The monoisotopic (exact) mass is 312 g/mol. The Morgan fingerprint density at radius 3 is 1.82 bits per heavy atom. The number of rotatable bonds is 1. The Hall–Kier alpha value is -2.27. The van der Waals surface area contributed by atoms with Gasteiger partial charge in [0, 0.05) is 21.1 Å². The minimum atomic E-state index is -0.634. The summed E-state index contributed by atoms with van der Waals surface area (Å²) in [7, 11) is 0. The van der Waals surface area contributed by atoms with Crippen LogP contribution in [0.1, 0.15) is 25.3 Å². The number of hydrogen-bond donors (Lipinski definition) is 1. The SMILES string of the molecule is CC(C)c1c2ccc(=O)c(=O)c2c(S)c2ccc(=O)c(=O)c12. The third-order valence-electron chi connectivity index (χ3n) is 3.87. The highest BCUT2D eigenvalue weighted by Crippen LogP contribution is 2.34. The van der Waals surface area contributed by atoms with E-state index in [1.54, 1.807) is 0 Å². The van der Waals surface area contributed by atoms with Crippen LogP contribution in [0, 0.1) is 0 Å². The summed E-state index contributed by atoms with van der Waals surface area (Å²) in [6, 6.07) is 5.39. The van der Waals surface area contributed by atoms with E-state index in [0.717, 1.165) is 0 Å². The molecule has 0 radical (unpaired) electrons. The van der Waals surface area contributed by atoms with Crippen LogP contribution in [0.4, 0.5) is 0 Å². The van der Waals surface area contributed by atoms with E-state index in [1.807, 2.05) is 13.8 Å². The van der Waals surface area contributed by atoms with E-state index in [-0.39, 0.29) is 21.6 Å². The summed E-state index contributed by atoms with van der Waals surface area (Å²) < 4.78 is 0. The summed E-state index contributed by atoms with van der Waals surface area (Å²) in [6.45, 7) is 3.75. The zero-order chi connectivity index (χ0) is 16.2. The van der Waals surface area contributed by atoms with Gasteiger partial charge in [-0.15, -0.1) is 12.6 Å². The van der Waals surface area contributed by atoms with Crippen molar-refractivity contribution in [3.8, 4) is 0 Å². The molecule has 110 valence electrons. The molecule has 3 aromatic carbocycles. The molecule has 0 bridgehead atoms. The van der Waals surface area contributed by atoms with Crippen LogP contribution < -0.4 is 21.7 Å². The zero-order valence-corrected chi connectivity index (χ0v) is 12.9. The first kappa shape index (κ1) is 14.7. The second-order valence-corrected chi connectivity index (χ2v) is 5.99. The first-order chi connectivity index (χ1) is 10.3. The van der Waals surface area contributed by atoms with Crippen molar-refractivity contribution in [1.82, 2.24) is 0 Å². The molecule has 0 N–H and O–H groups in total. The van der Waals surface area contributed by atoms with E-state index in [9.17, 15) is 19.2 Å². The maximum atomic E-state index is 12.3. The summed E-state index contributed by atoms with van der Waals surface area (Å²) in [5.74, 6) is -0.0923. The number of fused-ring (bicyclic) bond motifs is 2. The lowest BCUT2D eigenvalue weighted by molar-refractivity contribution is 0.884. The van der Waals surface area contributed by atoms with Gasteiger partial charge >= 0.3 is 0 Å². The van der Waals surface area contributed by atoms with Crippen LogP contribution in [0.5, 0.6) is 0 Å². The van der Waals surface area contributed by atoms with E-state index >= 15 is 0 Å². The molecule has 4 nitrogen and oxygen atoms in total. The predicted molar refractivity (Wildman–Crippen MR) is 90.2 cm³/mol. The van der Waals surface area contributed by atoms with Crippen LogP contribution in [0.3, 0.4) is 0 Å². The van der Waals surface area contributed by atoms with Gasteiger partial charge in [-0.2, -0.15) is 0 Å². The highest BCUT2D eigenvalue weighted by molar-refractivity contribution is 7.80. The molecule has 3 rings (SSSR count). The summed E-state index contributed by atoms with van der Waals surface area (Å²) in [5.41, 5.74) is -1.83. The molecule has 0 unspecified atom stereocenters. The Bertz CT molecular complexity index is 1140. The fourth-order valence-electron chi connectivity index (χ4n) is 2.92. The smallest absolute Gasteiger partial charge is 0.234 e. The van der Waals surface area contributed by atoms with E-state index in [1.165, 1.54) is 24.3 Å². The average Bonchev–Trinajstić information content (AvgIpc) is 2.46. The van der Waals surface area contributed by atoms with Crippen LogP contribution in [0.15, 0.2) is 48.3 Å². The molecule has 0 spiro atoms. The maximum absolute atomic E-state index is 12.3. The van der Waals surface area contributed by atoms with Crippen molar-refractivity contribution in [2.75, 3.05) is 0 Å². The van der Waals surface area contributed by atoms with Gasteiger partial charge in [0.25, 0.3) is 0 Å². The summed E-state index contributed by atoms with van der Waals surface area (Å²) >= 11 is 4.35. The molecular weight excluding hydrogens is 300 g/mol. The van der Waals surface area contributed by atoms with E-state index in [4.69, 9.17) is 0 Å². The van der Waals surface area contributed by atoms with Crippen molar-refractivity contribution in [1.29, 1.82) is 0 Å². The second kappa shape index (κ2) is 4.88. The molecule has 0 aromatic heterocycles. The molecule has 5 heteroatoms. The Morgan fingerprint density at radius 1 is 0.773 bits per heavy atom. The van der Waals surface area contributed by atoms with Gasteiger partial charge in [0.15, 0.2) is 0 Å². The Kier molecular flexibility index (Phi) is 3.25. The van der Waals surface area contributed by atoms with Gasteiger partial charge < -0.3 is 0 Å². The first-order valence-electron chi connectivity index (χ1n) is 6.80.